The quantitative estimate of drug-likeness (QED) is 0.717. The van der Waals surface area contributed by atoms with Crippen LogP contribution in [0.5, 0.6) is 0 Å². The normalized spacial score (nSPS) is 36.8. The van der Waals surface area contributed by atoms with Gasteiger partial charge in [0.15, 0.2) is 5.79 Å². The predicted octanol–water partition coefficient (Wildman–Crippen LogP) is 1.41. The number of likely N-dealkylation sites (tertiary alicyclic amines) is 1. The molecule has 5 nitrogen and oxygen atoms in total. The largest absolute Gasteiger partial charge is 0.466 e. The Bertz CT molecular complexity index is 367. The first-order valence-corrected chi connectivity index (χ1v) is 7.78. The topological polar surface area (TPSA) is 48.0 Å². The van der Waals surface area contributed by atoms with Crippen LogP contribution in [-0.4, -0.2) is 56.1 Å². The van der Waals surface area contributed by atoms with Crippen LogP contribution >= 0.6 is 0 Å². The lowest BCUT2D eigenvalue weighted by molar-refractivity contribution is -0.203. The van der Waals surface area contributed by atoms with Gasteiger partial charge in [0, 0.05) is 25.4 Å². The van der Waals surface area contributed by atoms with Crippen LogP contribution in [0.15, 0.2) is 0 Å². The zero-order valence-corrected chi connectivity index (χ0v) is 12.5. The minimum Gasteiger partial charge on any atom is -0.466 e. The number of carbonyl (C=O) groups excluding carboxylic acids is 1. The molecule has 0 radical (unpaired) electrons. The van der Waals surface area contributed by atoms with Crippen molar-refractivity contribution in [3.63, 3.8) is 0 Å². The second kappa shape index (κ2) is 5.62. The Morgan fingerprint density at radius 2 is 2.15 bits per heavy atom. The van der Waals surface area contributed by atoms with Gasteiger partial charge < -0.3 is 19.1 Å². The molecule has 0 aromatic rings. The minimum atomic E-state index is -0.363. The highest BCUT2D eigenvalue weighted by molar-refractivity contribution is 5.72. The SMILES string of the molecule is CCOC(=O)[C@@H]1CC2CC3(CC[C@H]2N(C)C1)OCCO3. The number of hydrogen-bond acceptors (Lipinski definition) is 5. The highest BCUT2D eigenvalue weighted by Gasteiger charge is 2.49. The Hall–Kier alpha value is -0.650. The number of piperidine rings is 1. The molecule has 3 atom stereocenters. The van der Waals surface area contributed by atoms with Gasteiger partial charge in [-0.2, -0.15) is 0 Å². The molecule has 0 N–H and O–H groups in total. The highest BCUT2D eigenvalue weighted by atomic mass is 16.7. The molecule has 3 aliphatic rings. The Balaban J connectivity index is 1.68. The van der Waals surface area contributed by atoms with Crippen LogP contribution < -0.4 is 0 Å². The maximum atomic E-state index is 12.0. The van der Waals surface area contributed by atoms with Gasteiger partial charge in [0.05, 0.1) is 25.7 Å². The number of hydrogen-bond donors (Lipinski definition) is 0. The fourth-order valence-corrected chi connectivity index (χ4v) is 4.17. The van der Waals surface area contributed by atoms with Gasteiger partial charge in [-0.1, -0.05) is 0 Å². The first-order chi connectivity index (χ1) is 9.63. The Morgan fingerprint density at radius 3 is 2.85 bits per heavy atom. The predicted molar refractivity (Wildman–Crippen MR) is 73.1 cm³/mol. The van der Waals surface area contributed by atoms with Crippen molar-refractivity contribution in [3.05, 3.63) is 0 Å². The van der Waals surface area contributed by atoms with Crippen molar-refractivity contribution in [2.45, 2.75) is 44.4 Å². The summed E-state index contributed by atoms with van der Waals surface area (Å²) in [7, 11) is 2.12. The summed E-state index contributed by atoms with van der Waals surface area (Å²) in [6.07, 6.45) is 3.89. The van der Waals surface area contributed by atoms with Crippen molar-refractivity contribution in [2.24, 2.45) is 11.8 Å². The number of esters is 1. The lowest BCUT2D eigenvalue weighted by Gasteiger charge is -2.49. The van der Waals surface area contributed by atoms with Crippen LogP contribution in [0.2, 0.25) is 0 Å². The van der Waals surface area contributed by atoms with Gasteiger partial charge in [-0.05, 0) is 32.7 Å². The third-order valence-corrected chi connectivity index (χ3v) is 5.03. The van der Waals surface area contributed by atoms with Gasteiger partial charge in [-0.3, -0.25) is 4.79 Å². The summed E-state index contributed by atoms with van der Waals surface area (Å²) in [5, 5.41) is 0. The van der Waals surface area contributed by atoms with E-state index in [2.05, 4.69) is 11.9 Å². The number of nitrogens with zero attached hydrogens (tertiary/aromatic N) is 1. The fraction of sp³-hybridized carbons (Fsp3) is 0.933. The molecule has 114 valence electrons. The van der Waals surface area contributed by atoms with E-state index in [-0.39, 0.29) is 17.7 Å². The molecule has 3 fully saturated rings. The molecule has 0 aromatic heterocycles. The molecule has 0 bridgehead atoms. The molecule has 1 spiro atoms. The Kier molecular flexibility index (Phi) is 4.02. The lowest BCUT2D eigenvalue weighted by atomic mass is 9.73. The molecule has 20 heavy (non-hydrogen) atoms. The van der Waals surface area contributed by atoms with Crippen molar-refractivity contribution < 1.29 is 19.0 Å². The van der Waals surface area contributed by atoms with Gasteiger partial charge >= 0.3 is 5.97 Å². The number of ether oxygens (including phenoxy) is 3. The average molecular weight is 283 g/mol. The van der Waals surface area contributed by atoms with E-state index in [1.54, 1.807) is 0 Å². The number of rotatable bonds is 2. The number of carbonyl (C=O) groups is 1. The molecule has 1 unspecified atom stereocenters. The molecular weight excluding hydrogens is 258 g/mol. The molecule has 2 saturated heterocycles. The molecular formula is C15H25NO4. The molecule has 1 saturated carbocycles. The zero-order valence-electron chi connectivity index (χ0n) is 12.5. The van der Waals surface area contributed by atoms with Crippen LogP contribution in [0, 0.1) is 11.8 Å². The Morgan fingerprint density at radius 1 is 1.40 bits per heavy atom. The van der Waals surface area contributed by atoms with E-state index in [9.17, 15) is 4.79 Å². The van der Waals surface area contributed by atoms with E-state index in [1.807, 2.05) is 6.92 Å². The molecule has 2 aliphatic heterocycles. The summed E-state index contributed by atoms with van der Waals surface area (Å²) in [4.78, 5) is 14.4. The third kappa shape index (κ3) is 2.59. The third-order valence-electron chi connectivity index (χ3n) is 5.03. The monoisotopic (exact) mass is 283 g/mol. The fourth-order valence-electron chi connectivity index (χ4n) is 4.17. The van der Waals surface area contributed by atoms with Crippen molar-refractivity contribution in [2.75, 3.05) is 33.4 Å². The molecule has 5 heteroatoms. The summed E-state index contributed by atoms with van der Waals surface area (Å²) < 4.78 is 16.9. The summed E-state index contributed by atoms with van der Waals surface area (Å²) in [5.41, 5.74) is 0. The van der Waals surface area contributed by atoms with Gasteiger partial charge in [-0.25, -0.2) is 0 Å². The Labute approximate surface area is 120 Å². The van der Waals surface area contributed by atoms with Crippen molar-refractivity contribution in [1.29, 1.82) is 0 Å². The van der Waals surface area contributed by atoms with E-state index in [0.717, 1.165) is 32.2 Å². The highest BCUT2D eigenvalue weighted by Crippen LogP contribution is 2.44. The van der Waals surface area contributed by atoms with Gasteiger partial charge in [0.25, 0.3) is 0 Å². The first kappa shape index (κ1) is 14.3. The summed E-state index contributed by atoms with van der Waals surface area (Å²) in [6.45, 7) is 4.55. The summed E-state index contributed by atoms with van der Waals surface area (Å²) >= 11 is 0. The van der Waals surface area contributed by atoms with Crippen molar-refractivity contribution >= 4 is 5.97 Å². The smallest absolute Gasteiger partial charge is 0.310 e. The second-order valence-corrected chi connectivity index (χ2v) is 6.30. The number of fused-ring (bicyclic) bond motifs is 1. The average Bonchev–Trinajstić information content (AvgIpc) is 2.86. The van der Waals surface area contributed by atoms with E-state index in [4.69, 9.17) is 14.2 Å². The van der Waals surface area contributed by atoms with Crippen LogP contribution in [0.1, 0.15) is 32.6 Å². The lowest BCUT2D eigenvalue weighted by Crippen LogP contribution is -2.54. The van der Waals surface area contributed by atoms with Gasteiger partial charge in [0.2, 0.25) is 0 Å². The minimum absolute atomic E-state index is 0.00208. The first-order valence-electron chi connectivity index (χ1n) is 7.78. The summed E-state index contributed by atoms with van der Waals surface area (Å²) in [5.74, 6) is 0.0527. The van der Waals surface area contributed by atoms with Gasteiger partial charge in [0.1, 0.15) is 0 Å². The molecule has 3 rings (SSSR count). The van der Waals surface area contributed by atoms with Crippen LogP contribution in [0.4, 0.5) is 0 Å². The standard InChI is InChI=1S/C15H25NO4/c1-3-18-14(17)12-8-11-9-15(19-6-7-20-15)5-4-13(11)16(2)10-12/h11-13H,3-10H2,1-2H3/t11?,12-,13-/m1/s1. The van der Waals surface area contributed by atoms with Crippen LogP contribution in [0.3, 0.4) is 0 Å². The van der Waals surface area contributed by atoms with Gasteiger partial charge in [-0.15, -0.1) is 0 Å². The van der Waals surface area contributed by atoms with E-state index in [0.29, 0.717) is 31.8 Å². The van der Waals surface area contributed by atoms with Crippen molar-refractivity contribution in [1.82, 2.24) is 4.90 Å². The second-order valence-electron chi connectivity index (χ2n) is 6.30. The van der Waals surface area contributed by atoms with E-state index in [1.165, 1.54) is 0 Å². The molecule has 1 aliphatic carbocycles. The van der Waals surface area contributed by atoms with Crippen LogP contribution in [-0.2, 0) is 19.0 Å². The summed E-state index contributed by atoms with van der Waals surface area (Å²) in [6, 6.07) is 0.555. The molecule has 0 amide bonds. The van der Waals surface area contributed by atoms with E-state index < -0.39 is 0 Å². The van der Waals surface area contributed by atoms with E-state index >= 15 is 0 Å². The molecule has 0 aromatic carbocycles. The zero-order chi connectivity index (χ0) is 14.2. The maximum Gasteiger partial charge on any atom is 0.310 e. The van der Waals surface area contributed by atoms with Crippen molar-refractivity contribution in [3.8, 4) is 0 Å². The maximum absolute atomic E-state index is 12.0. The van der Waals surface area contributed by atoms with Crippen LogP contribution in [0.25, 0.3) is 0 Å². The molecule has 2 heterocycles.